The van der Waals surface area contributed by atoms with Gasteiger partial charge in [-0.1, -0.05) is 66.2 Å². The van der Waals surface area contributed by atoms with Gasteiger partial charge in [-0.15, -0.1) is 0 Å². The molecular weight excluding hydrogens is 398 g/mol. The molecule has 0 atom stereocenters. The van der Waals surface area contributed by atoms with Gasteiger partial charge in [0.05, 0.1) is 4.90 Å². The third-order valence-electron chi connectivity index (χ3n) is 4.85. The summed E-state index contributed by atoms with van der Waals surface area (Å²) in [5, 5.41) is 4.09. The largest absolute Gasteiger partial charge is 0.240 e. The van der Waals surface area contributed by atoms with Crippen molar-refractivity contribution in [3.63, 3.8) is 0 Å². The number of benzene rings is 3. The summed E-state index contributed by atoms with van der Waals surface area (Å²) in [5.41, 5.74) is 6.35. The van der Waals surface area contributed by atoms with Crippen molar-refractivity contribution >= 4 is 21.4 Å². The molecule has 0 bridgehead atoms. The second kappa shape index (κ2) is 8.33. The molecule has 1 aromatic heterocycles. The number of aryl methyl sites for hydroxylation is 1. The van der Waals surface area contributed by atoms with Gasteiger partial charge >= 0.3 is 0 Å². The smallest absolute Gasteiger partial charge is 0.207 e. The molecule has 0 saturated heterocycles. The molecule has 29 heavy (non-hydrogen) atoms. The maximum atomic E-state index is 12.8. The summed E-state index contributed by atoms with van der Waals surface area (Å²) in [6.45, 7) is 2.29. The second-order valence-corrected chi connectivity index (χ2v) is 9.43. The van der Waals surface area contributed by atoms with Gasteiger partial charge in [0.2, 0.25) is 10.0 Å². The fourth-order valence-electron chi connectivity index (χ4n) is 3.20. The molecule has 5 heteroatoms. The maximum absolute atomic E-state index is 12.8. The molecule has 0 aliphatic carbocycles. The zero-order valence-electron chi connectivity index (χ0n) is 16.0. The molecule has 0 radical (unpaired) electrons. The third kappa shape index (κ3) is 4.48. The van der Waals surface area contributed by atoms with Crippen LogP contribution in [0.3, 0.4) is 0 Å². The van der Waals surface area contributed by atoms with Gasteiger partial charge in [-0.2, -0.15) is 11.3 Å². The minimum Gasteiger partial charge on any atom is -0.207 e. The van der Waals surface area contributed by atoms with Crippen molar-refractivity contribution in [2.24, 2.45) is 0 Å². The summed E-state index contributed by atoms with van der Waals surface area (Å²) in [6, 6.07) is 25.1. The molecular formula is C24H21NO2S2. The Morgan fingerprint density at radius 3 is 2.10 bits per heavy atom. The first-order valence-electron chi connectivity index (χ1n) is 9.30. The Morgan fingerprint density at radius 2 is 1.45 bits per heavy atom. The first-order valence-corrected chi connectivity index (χ1v) is 11.7. The van der Waals surface area contributed by atoms with Crippen molar-refractivity contribution in [3.8, 4) is 22.3 Å². The van der Waals surface area contributed by atoms with Crippen LogP contribution in [-0.2, 0) is 16.6 Å². The van der Waals surface area contributed by atoms with Crippen molar-refractivity contribution in [1.29, 1.82) is 0 Å². The first kappa shape index (κ1) is 19.6. The van der Waals surface area contributed by atoms with Gasteiger partial charge in [-0.25, -0.2) is 13.1 Å². The van der Waals surface area contributed by atoms with Crippen LogP contribution in [0.15, 0.2) is 94.5 Å². The number of rotatable bonds is 6. The summed E-state index contributed by atoms with van der Waals surface area (Å²) in [6.07, 6.45) is 0. The Bertz CT molecular complexity index is 1190. The van der Waals surface area contributed by atoms with Crippen molar-refractivity contribution in [1.82, 2.24) is 4.72 Å². The predicted octanol–water partition coefficient (Wildman–Crippen LogP) is 5.87. The Morgan fingerprint density at radius 1 is 0.793 bits per heavy atom. The van der Waals surface area contributed by atoms with Crippen LogP contribution in [-0.4, -0.2) is 8.42 Å². The third-order valence-corrected chi connectivity index (χ3v) is 6.95. The molecule has 0 unspecified atom stereocenters. The van der Waals surface area contributed by atoms with E-state index in [1.165, 1.54) is 5.56 Å². The fourth-order valence-corrected chi connectivity index (χ4v) is 4.86. The van der Waals surface area contributed by atoms with E-state index >= 15 is 0 Å². The monoisotopic (exact) mass is 419 g/mol. The topological polar surface area (TPSA) is 46.2 Å². The van der Waals surface area contributed by atoms with Crippen LogP contribution in [0.4, 0.5) is 0 Å². The van der Waals surface area contributed by atoms with Crippen molar-refractivity contribution < 1.29 is 8.42 Å². The van der Waals surface area contributed by atoms with Gasteiger partial charge in [0, 0.05) is 6.54 Å². The summed E-state index contributed by atoms with van der Waals surface area (Å²) in [4.78, 5) is 0.265. The van der Waals surface area contributed by atoms with Crippen molar-refractivity contribution in [2.75, 3.05) is 0 Å². The molecule has 0 saturated carbocycles. The minimum atomic E-state index is -3.60. The van der Waals surface area contributed by atoms with Crippen LogP contribution in [0.25, 0.3) is 22.3 Å². The fraction of sp³-hybridized carbons (Fsp3) is 0.0833. The molecule has 0 aliphatic heterocycles. The SMILES string of the molecule is Cc1ccc(-c2ccc(S(=O)(=O)NCc3ccccc3-c3ccsc3)cc2)cc1. The minimum absolute atomic E-state index is 0.244. The van der Waals surface area contributed by atoms with Crippen molar-refractivity contribution in [2.45, 2.75) is 18.4 Å². The van der Waals surface area contributed by atoms with Crippen LogP contribution in [0, 0.1) is 6.92 Å². The summed E-state index contributed by atoms with van der Waals surface area (Å²) >= 11 is 1.63. The summed E-state index contributed by atoms with van der Waals surface area (Å²) in [5.74, 6) is 0. The van der Waals surface area contributed by atoms with E-state index in [2.05, 4.69) is 10.1 Å². The molecule has 1 N–H and O–H groups in total. The molecule has 0 spiro atoms. The molecule has 146 valence electrons. The highest BCUT2D eigenvalue weighted by atomic mass is 32.2. The van der Waals surface area contributed by atoms with E-state index in [-0.39, 0.29) is 11.4 Å². The zero-order valence-corrected chi connectivity index (χ0v) is 17.6. The van der Waals surface area contributed by atoms with Crippen LogP contribution in [0.2, 0.25) is 0 Å². The quantitative estimate of drug-likeness (QED) is 0.425. The molecule has 3 aromatic carbocycles. The predicted molar refractivity (Wildman–Crippen MR) is 120 cm³/mol. The van der Waals surface area contributed by atoms with E-state index in [0.717, 1.165) is 27.8 Å². The lowest BCUT2D eigenvalue weighted by atomic mass is 10.0. The highest BCUT2D eigenvalue weighted by molar-refractivity contribution is 7.89. The van der Waals surface area contributed by atoms with Crippen LogP contribution >= 0.6 is 11.3 Å². The lowest BCUT2D eigenvalue weighted by molar-refractivity contribution is 0.581. The van der Waals surface area contributed by atoms with Gasteiger partial charge in [0.15, 0.2) is 0 Å². The summed E-state index contributed by atoms with van der Waals surface area (Å²) in [7, 11) is -3.60. The van der Waals surface area contributed by atoms with Crippen LogP contribution < -0.4 is 4.72 Å². The van der Waals surface area contributed by atoms with Crippen molar-refractivity contribution in [3.05, 3.63) is 101 Å². The van der Waals surface area contributed by atoms with Gasteiger partial charge in [0.25, 0.3) is 0 Å². The average molecular weight is 420 g/mol. The molecule has 0 fully saturated rings. The Hall–Kier alpha value is -2.73. The van der Waals surface area contributed by atoms with Crippen LogP contribution in [0.1, 0.15) is 11.1 Å². The zero-order chi connectivity index (χ0) is 20.3. The van der Waals surface area contributed by atoms with Gasteiger partial charge in [-0.05, 0) is 63.7 Å². The highest BCUT2D eigenvalue weighted by Gasteiger charge is 2.15. The average Bonchev–Trinajstić information content (AvgIpc) is 3.28. The van der Waals surface area contributed by atoms with E-state index in [1.54, 1.807) is 23.5 Å². The normalized spacial score (nSPS) is 11.5. The number of nitrogens with one attached hydrogen (secondary N) is 1. The molecule has 0 aliphatic rings. The highest BCUT2D eigenvalue weighted by Crippen LogP contribution is 2.26. The van der Waals surface area contributed by atoms with Gasteiger partial charge in [0.1, 0.15) is 0 Å². The van der Waals surface area contributed by atoms with E-state index in [9.17, 15) is 8.42 Å². The van der Waals surface area contributed by atoms with Crippen LogP contribution in [0.5, 0.6) is 0 Å². The Labute approximate surface area is 175 Å². The standard InChI is InChI=1S/C24H21NO2S2/c1-18-6-8-19(9-7-18)20-10-12-23(13-11-20)29(26,27)25-16-21-4-2-3-5-24(21)22-14-15-28-17-22/h2-15,17,25H,16H2,1H3. The number of hydrogen-bond acceptors (Lipinski definition) is 3. The number of thiophene rings is 1. The number of sulfonamides is 1. The van der Waals surface area contributed by atoms with E-state index in [4.69, 9.17) is 0 Å². The summed E-state index contributed by atoms with van der Waals surface area (Å²) < 4.78 is 28.3. The second-order valence-electron chi connectivity index (χ2n) is 6.88. The van der Waals surface area contributed by atoms with Gasteiger partial charge in [-0.3, -0.25) is 0 Å². The van der Waals surface area contributed by atoms with E-state index in [1.807, 2.05) is 79.0 Å². The maximum Gasteiger partial charge on any atom is 0.240 e. The molecule has 0 amide bonds. The molecule has 4 rings (SSSR count). The Kier molecular flexibility index (Phi) is 5.62. The Balaban J connectivity index is 1.52. The van der Waals surface area contributed by atoms with E-state index in [0.29, 0.717) is 0 Å². The molecule has 3 nitrogen and oxygen atoms in total. The lowest BCUT2D eigenvalue weighted by Crippen LogP contribution is -2.23. The number of hydrogen-bond donors (Lipinski definition) is 1. The molecule has 1 heterocycles. The van der Waals surface area contributed by atoms with Gasteiger partial charge < -0.3 is 0 Å². The first-order chi connectivity index (χ1) is 14.0. The van der Waals surface area contributed by atoms with E-state index < -0.39 is 10.0 Å². The lowest BCUT2D eigenvalue weighted by Gasteiger charge is -2.11. The molecule has 4 aromatic rings.